The lowest BCUT2D eigenvalue weighted by Gasteiger charge is -2.13. The van der Waals surface area contributed by atoms with E-state index in [0.29, 0.717) is 11.6 Å². The van der Waals surface area contributed by atoms with Crippen molar-refractivity contribution in [1.82, 2.24) is 24.7 Å². The number of nitrogen functional groups attached to an aromatic ring is 1. The van der Waals surface area contributed by atoms with E-state index < -0.39 is 0 Å². The van der Waals surface area contributed by atoms with Crippen LogP contribution in [-0.4, -0.2) is 24.7 Å². The number of nitrogens with one attached hydrogen (secondary N) is 2. The Balaban J connectivity index is 2.13. The molecular formula is C9H14N8. The average Bonchev–Trinajstić information content (AvgIpc) is 2.76. The summed E-state index contributed by atoms with van der Waals surface area (Å²) in [6, 6.07) is -0.0233. The monoisotopic (exact) mass is 234 g/mol. The zero-order valence-electron chi connectivity index (χ0n) is 9.62. The van der Waals surface area contributed by atoms with Crippen LogP contribution in [0.1, 0.15) is 18.8 Å². The molecule has 2 rings (SSSR count). The van der Waals surface area contributed by atoms with Crippen LogP contribution in [0.15, 0.2) is 18.7 Å². The van der Waals surface area contributed by atoms with Gasteiger partial charge in [-0.05, 0) is 6.92 Å². The van der Waals surface area contributed by atoms with Crippen LogP contribution in [0.3, 0.4) is 0 Å². The summed E-state index contributed by atoms with van der Waals surface area (Å²) in [7, 11) is 1.89. The molecule has 0 bridgehead atoms. The Hall–Kier alpha value is -2.22. The molecule has 2 aromatic rings. The Morgan fingerprint density at radius 1 is 1.35 bits per heavy atom. The number of anilines is 2. The average molecular weight is 234 g/mol. The van der Waals surface area contributed by atoms with Gasteiger partial charge in [-0.1, -0.05) is 0 Å². The third-order valence-corrected chi connectivity index (χ3v) is 2.28. The van der Waals surface area contributed by atoms with Crippen molar-refractivity contribution < 1.29 is 0 Å². The molecule has 0 aromatic carbocycles. The van der Waals surface area contributed by atoms with Gasteiger partial charge in [0.05, 0.1) is 18.4 Å². The molecular weight excluding hydrogens is 220 g/mol. The smallest absolute Gasteiger partial charge is 0.160 e. The van der Waals surface area contributed by atoms with Crippen LogP contribution in [0, 0.1) is 0 Å². The first-order chi connectivity index (χ1) is 8.20. The van der Waals surface area contributed by atoms with Gasteiger partial charge in [-0.3, -0.25) is 4.98 Å². The minimum absolute atomic E-state index is 0.0233. The summed E-state index contributed by atoms with van der Waals surface area (Å²) in [5.74, 6) is 7.20. The van der Waals surface area contributed by atoms with E-state index in [0.717, 1.165) is 5.82 Å². The zero-order valence-corrected chi connectivity index (χ0v) is 9.62. The van der Waals surface area contributed by atoms with E-state index in [1.165, 1.54) is 6.20 Å². The number of rotatable bonds is 4. The molecule has 90 valence electrons. The third-order valence-electron chi connectivity index (χ3n) is 2.28. The lowest BCUT2D eigenvalue weighted by Crippen LogP contribution is -2.14. The molecule has 0 fully saturated rings. The number of hydrogen-bond acceptors (Lipinski definition) is 7. The molecule has 0 amide bonds. The lowest BCUT2D eigenvalue weighted by atomic mass is 10.3. The molecule has 0 saturated carbocycles. The van der Waals surface area contributed by atoms with Gasteiger partial charge in [-0.2, -0.15) is 0 Å². The largest absolute Gasteiger partial charge is 0.359 e. The molecule has 0 radical (unpaired) electrons. The molecule has 0 spiro atoms. The summed E-state index contributed by atoms with van der Waals surface area (Å²) in [4.78, 5) is 8.21. The van der Waals surface area contributed by atoms with Crippen LogP contribution in [0.4, 0.5) is 11.6 Å². The maximum Gasteiger partial charge on any atom is 0.160 e. The fourth-order valence-electron chi connectivity index (χ4n) is 1.48. The topological polar surface area (TPSA) is 107 Å². The van der Waals surface area contributed by atoms with Gasteiger partial charge in [-0.15, -0.1) is 10.2 Å². The second kappa shape index (κ2) is 4.74. The van der Waals surface area contributed by atoms with Crippen LogP contribution in [0.5, 0.6) is 0 Å². The first-order valence-electron chi connectivity index (χ1n) is 5.10. The van der Waals surface area contributed by atoms with Crippen molar-refractivity contribution in [1.29, 1.82) is 0 Å². The van der Waals surface area contributed by atoms with Gasteiger partial charge in [0.15, 0.2) is 11.6 Å². The summed E-state index contributed by atoms with van der Waals surface area (Å²) < 4.78 is 1.84. The predicted molar refractivity (Wildman–Crippen MR) is 62.9 cm³/mol. The van der Waals surface area contributed by atoms with Crippen molar-refractivity contribution in [3.05, 3.63) is 24.5 Å². The highest BCUT2D eigenvalue weighted by atomic mass is 15.3. The van der Waals surface area contributed by atoms with Gasteiger partial charge in [-0.25, -0.2) is 10.8 Å². The molecule has 8 nitrogen and oxygen atoms in total. The second-order valence-electron chi connectivity index (χ2n) is 3.60. The summed E-state index contributed by atoms with van der Waals surface area (Å²) in [6.45, 7) is 1.97. The molecule has 0 aliphatic heterocycles. The van der Waals surface area contributed by atoms with E-state index >= 15 is 0 Å². The zero-order chi connectivity index (χ0) is 12.3. The highest BCUT2D eigenvalue weighted by molar-refractivity contribution is 5.41. The molecule has 8 heteroatoms. The molecule has 0 aliphatic rings. The van der Waals surface area contributed by atoms with Gasteiger partial charge in [0, 0.05) is 7.05 Å². The first-order valence-corrected chi connectivity index (χ1v) is 5.10. The minimum Gasteiger partial charge on any atom is -0.359 e. The van der Waals surface area contributed by atoms with E-state index in [9.17, 15) is 0 Å². The summed E-state index contributed by atoms with van der Waals surface area (Å²) in [5.41, 5.74) is 2.44. The summed E-state index contributed by atoms with van der Waals surface area (Å²) >= 11 is 0. The highest BCUT2D eigenvalue weighted by Crippen LogP contribution is 2.15. The van der Waals surface area contributed by atoms with E-state index in [4.69, 9.17) is 5.84 Å². The maximum atomic E-state index is 5.26. The van der Waals surface area contributed by atoms with Gasteiger partial charge >= 0.3 is 0 Å². The van der Waals surface area contributed by atoms with Crippen LogP contribution < -0.4 is 16.6 Å². The number of aromatic nitrogens is 5. The Morgan fingerprint density at radius 3 is 2.76 bits per heavy atom. The van der Waals surface area contributed by atoms with Gasteiger partial charge < -0.3 is 15.3 Å². The number of nitrogens with zero attached hydrogens (tertiary/aromatic N) is 5. The van der Waals surface area contributed by atoms with E-state index in [2.05, 4.69) is 30.9 Å². The number of aryl methyl sites for hydroxylation is 1. The van der Waals surface area contributed by atoms with Gasteiger partial charge in [0.2, 0.25) is 0 Å². The normalized spacial score (nSPS) is 12.2. The standard InChI is InChI=1S/C9H14N8/c1-6(9-16-12-5-17(9)2)13-7-3-11-4-8(14-7)15-10/h3-6H,10H2,1-2H3,(H2,13,14,15). The predicted octanol–water partition coefficient (Wildman–Crippen LogP) is 0.0638. The Labute approximate surface area is 98.3 Å². The van der Waals surface area contributed by atoms with Gasteiger partial charge in [0.25, 0.3) is 0 Å². The quantitative estimate of drug-likeness (QED) is 0.507. The number of nitrogens with two attached hydrogens (primary N) is 1. The molecule has 0 saturated heterocycles. The van der Waals surface area contributed by atoms with Crippen LogP contribution in [-0.2, 0) is 7.05 Å². The molecule has 2 heterocycles. The number of hydrogen-bond donors (Lipinski definition) is 3. The molecule has 0 aliphatic carbocycles. The molecule has 4 N–H and O–H groups in total. The van der Waals surface area contributed by atoms with Crippen molar-refractivity contribution >= 4 is 11.6 Å². The van der Waals surface area contributed by atoms with Crippen molar-refractivity contribution in [3.8, 4) is 0 Å². The van der Waals surface area contributed by atoms with E-state index in [-0.39, 0.29) is 6.04 Å². The van der Waals surface area contributed by atoms with E-state index in [1.54, 1.807) is 12.5 Å². The highest BCUT2D eigenvalue weighted by Gasteiger charge is 2.11. The fourth-order valence-corrected chi connectivity index (χ4v) is 1.48. The minimum atomic E-state index is -0.0233. The maximum absolute atomic E-state index is 5.26. The van der Waals surface area contributed by atoms with Gasteiger partial charge in [0.1, 0.15) is 12.1 Å². The van der Waals surface area contributed by atoms with Crippen molar-refractivity contribution in [2.75, 3.05) is 10.7 Å². The van der Waals surface area contributed by atoms with E-state index in [1.807, 2.05) is 18.5 Å². The Bertz CT molecular complexity index is 493. The summed E-state index contributed by atoms with van der Waals surface area (Å²) in [6.07, 6.45) is 4.81. The van der Waals surface area contributed by atoms with Crippen molar-refractivity contribution in [3.63, 3.8) is 0 Å². The second-order valence-corrected chi connectivity index (χ2v) is 3.60. The van der Waals surface area contributed by atoms with Crippen LogP contribution in [0.25, 0.3) is 0 Å². The first kappa shape index (κ1) is 11.3. The van der Waals surface area contributed by atoms with Crippen LogP contribution in [0.2, 0.25) is 0 Å². The van der Waals surface area contributed by atoms with Crippen molar-refractivity contribution in [2.45, 2.75) is 13.0 Å². The molecule has 1 unspecified atom stereocenters. The lowest BCUT2D eigenvalue weighted by molar-refractivity contribution is 0.716. The third kappa shape index (κ3) is 2.48. The molecule has 2 aromatic heterocycles. The molecule has 1 atom stereocenters. The number of hydrazine groups is 1. The van der Waals surface area contributed by atoms with Crippen LogP contribution >= 0.6 is 0 Å². The molecule has 17 heavy (non-hydrogen) atoms. The summed E-state index contributed by atoms with van der Waals surface area (Å²) in [5, 5.41) is 11.0. The fraction of sp³-hybridized carbons (Fsp3) is 0.333. The van der Waals surface area contributed by atoms with Crippen molar-refractivity contribution in [2.24, 2.45) is 12.9 Å². The Kier molecular flexibility index (Phi) is 3.15. The Morgan fingerprint density at radius 2 is 2.12 bits per heavy atom. The SMILES string of the molecule is CC(Nc1cncc(NN)n1)c1nncn1C.